The number of nitrogens with one attached hydrogen (secondary N) is 1. The summed E-state index contributed by atoms with van der Waals surface area (Å²) >= 11 is 0. The molecule has 0 radical (unpaired) electrons. The fraction of sp³-hybridized carbons (Fsp3) is 0.290. The van der Waals surface area contributed by atoms with E-state index in [1.807, 2.05) is 36.4 Å². The third-order valence-electron chi connectivity index (χ3n) is 6.35. The summed E-state index contributed by atoms with van der Waals surface area (Å²) in [6, 6.07) is 20.0. The molecule has 3 aromatic carbocycles. The summed E-state index contributed by atoms with van der Waals surface area (Å²) in [6.45, 7) is 2.61. The van der Waals surface area contributed by atoms with Gasteiger partial charge in [0.25, 0.3) is 0 Å². The van der Waals surface area contributed by atoms with Gasteiger partial charge in [0.15, 0.2) is 5.78 Å². The van der Waals surface area contributed by atoms with Crippen LogP contribution in [0.25, 0.3) is 22.3 Å². The molecule has 4 aromatic rings. The topological polar surface area (TPSA) is 81.8 Å². The number of ether oxygens (including phenoxy) is 3. The summed E-state index contributed by atoms with van der Waals surface area (Å²) in [5, 5.41) is 8.78. The largest absolute Gasteiger partial charge is 0.497 e. The first kappa shape index (κ1) is 26.0. The predicted octanol–water partition coefficient (Wildman–Crippen LogP) is 7.72. The van der Waals surface area contributed by atoms with Crippen molar-refractivity contribution in [3.63, 3.8) is 0 Å². The van der Waals surface area contributed by atoms with Crippen molar-refractivity contribution in [3.8, 4) is 28.6 Å². The normalized spacial score (nSPS) is 10.9. The molecule has 0 saturated heterocycles. The van der Waals surface area contributed by atoms with E-state index in [9.17, 15) is 4.79 Å². The summed E-state index contributed by atoms with van der Waals surface area (Å²) in [6.07, 6.45) is 4.80. The van der Waals surface area contributed by atoms with Gasteiger partial charge in [-0.25, -0.2) is 0 Å². The maximum absolute atomic E-state index is 13.7. The molecule has 0 aliphatic heterocycles. The number of furan rings is 1. The summed E-state index contributed by atoms with van der Waals surface area (Å²) in [7, 11) is 3.21. The Balaban J connectivity index is 1.56. The number of unbranched alkanes of at least 4 members (excludes halogenated alkanes) is 2. The molecule has 0 aliphatic rings. The minimum absolute atomic E-state index is 0.140. The Labute approximate surface area is 217 Å². The third-order valence-corrected chi connectivity index (χ3v) is 6.35. The van der Waals surface area contributed by atoms with E-state index < -0.39 is 0 Å². The molecule has 0 spiro atoms. The van der Waals surface area contributed by atoms with Crippen molar-refractivity contribution in [1.82, 2.24) is 0 Å². The summed E-state index contributed by atoms with van der Waals surface area (Å²) in [5.74, 6) is 2.41. The Morgan fingerprint density at radius 2 is 1.51 bits per heavy atom. The van der Waals surface area contributed by atoms with Gasteiger partial charge in [-0.2, -0.15) is 0 Å². The zero-order valence-corrected chi connectivity index (χ0v) is 21.6. The number of carbonyl (C=O) groups excluding carboxylic acids is 1. The fourth-order valence-electron chi connectivity index (χ4n) is 4.23. The van der Waals surface area contributed by atoms with Crippen molar-refractivity contribution < 1.29 is 23.4 Å². The first-order valence-electron chi connectivity index (χ1n) is 12.6. The summed E-state index contributed by atoms with van der Waals surface area (Å²) in [5.41, 5.74) is 3.11. The van der Waals surface area contributed by atoms with Crippen LogP contribution in [0.3, 0.4) is 0 Å². The van der Waals surface area contributed by atoms with Crippen LogP contribution in [-0.4, -0.2) is 32.3 Å². The Kier molecular flexibility index (Phi) is 8.62. The quantitative estimate of drug-likeness (QED) is 0.116. The minimum atomic E-state index is -0.140. The fourth-order valence-corrected chi connectivity index (χ4v) is 4.23. The number of ketones is 1. The Hall–Kier alpha value is -4.06. The molecule has 1 aromatic heterocycles. The lowest BCUT2D eigenvalue weighted by Crippen LogP contribution is -2.06. The lowest BCUT2D eigenvalue weighted by Gasteiger charge is -2.09. The maximum Gasteiger partial charge on any atom is 0.197 e. The molecule has 1 heterocycles. The van der Waals surface area contributed by atoms with Crippen LogP contribution in [0, 0.1) is 5.41 Å². The van der Waals surface area contributed by atoms with Crippen LogP contribution in [-0.2, 0) is 0 Å². The van der Waals surface area contributed by atoms with Crippen LogP contribution in [0.5, 0.6) is 17.2 Å². The maximum atomic E-state index is 13.7. The van der Waals surface area contributed by atoms with Gasteiger partial charge in [-0.15, -0.1) is 0 Å². The monoisotopic (exact) mass is 499 g/mol. The zero-order chi connectivity index (χ0) is 26.2. The average Bonchev–Trinajstić information content (AvgIpc) is 3.32. The molecule has 4 rings (SSSR count). The number of benzene rings is 3. The molecular formula is C31H33NO5. The van der Waals surface area contributed by atoms with Crippen LogP contribution < -0.4 is 14.2 Å². The summed E-state index contributed by atoms with van der Waals surface area (Å²) < 4.78 is 22.6. The van der Waals surface area contributed by atoms with Crippen molar-refractivity contribution in [3.05, 3.63) is 77.9 Å². The van der Waals surface area contributed by atoms with Gasteiger partial charge in [-0.3, -0.25) is 4.79 Å². The molecule has 6 heteroatoms. The Morgan fingerprint density at radius 3 is 2.19 bits per heavy atom. The molecule has 37 heavy (non-hydrogen) atoms. The van der Waals surface area contributed by atoms with Gasteiger partial charge in [-0.05, 0) is 73.5 Å². The second-order valence-corrected chi connectivity index (χ2v) is 8.91. The number of rotatable bonds is 13. The number of fused-ring (bicyclic) bond motifs is 1. The van der Waals surface area contributed by atoms with Crippen molar-refractivity contribution in [2.24, 2.45) is 0 Å². The molecular weight excluding hydrogens is 466 g/mol. The van der Waals surface area contributed by atoms with Crippen molar-refractivity contribution in [2.45, 2.75) is 39.0 Å². The van der Waals surface area contributed by atoms with Gasteiger partial charge in [0.2, 0.25) is 0 Å². The van der Waals surface area contributed by atoms with Crippen LogP contribution >= 0.6 is 0 Å². The first-order chi connectivity index (χ1) is 18.0. The molecule has 0 saturated carbocycles. The minimum Gasteiger partial charge on any atom is -0.497 e. The SMILES string of the molecule is CCCCCC(=N)CCOc1ccc(C(=O)c2c(-c3ccc(OC)cc3)oc3cc(OC)ccc23)cc1. The molecule has 1 N–H and O–H groups in total. The van der Waals surface area contributed by atoms with E-state index in [4.69, 9.17) is 24.0 Å². The highest BCUT2D eigenvalue weighted by Crippen LogP contribution is 2.37. The lowest BCUT2D eigenvalue weighted by molar-refractivity contribution is 0.104. The van der Waals surface area contributed by atoms with Crippen LogP contribution in [0.15, 0.2) is 71.1 Å². The van der Waals surface area contributed by atoms with Crippen LogP contribution in [0.2, 0.25) is 0 Å². The van der Waals surface area contributed by atoms with Crippen LogP contribution in [0.1, 0.15) is 54.9 Å². The molecule has 0 fully saturated rings. The highest BCUT2D eigenvalue weighted by molar-refractivity contribution is 6.19. The molecule has 0 amide bonds. The number of hydrogen-bond donors (Lipinski definition) is 1. The molecule has 0 aliphatic carbocycles. The highest BCUT2D eigenvalue weighted by Gasteiger charge is 2.24. The van der Waals surface area contributed by atoms with Gasteiger partial charge < -0.3 is 24.0 Å². The molecule has 192 valence electrons. The van der Waals surface area contributed by atoms with E-state index in [1.54, 1.807) is 44.6 Å². The van der Waals surface area contributed by atoms with E-state index in [0.717, 1.165) is 48.1 Å². The van der Waals surface area contributed by atoms with E-state index in [1.165, 1.54) is 0 Å². The Morgan fingerprint density at radius 1 is 0.838 bits per heavy atom. The van der Waals surface area contributed by atoms with E-state index in [-0.39, 0.29) is 5.78 Å². The average molecular weight is 500 g/mol. The number of methoxy groups -OCH3 is 2. The van der Waals surface area contributed by atoms with Gasteiger partial charge in [-0.1, -0.05) is 19.8 Å². The van der Waals surface area contributed by atoms with Crippen molar-refractivity contribution >= 4 is 22.5 Å². The summed E-state index contributed by atoms with van der Waals surface area (Å²) in [4.78, 5) is 13.7. The van der Waals surface area contributed by atoms with Crippen molar-refractivity contribution in [1.29, 1.82) is 5.41 Å². The highest BCUT2D eigenvalue weighted by atomic mass is 16.5. The molecule has 0 atom stereocenters. The van der Waals surface area contributed by atoms with Gasteiger partial charge in [0.05, 0.1) is 26.4 Å². The zero-order valence-electron chi connectivity index (χ0n) is 21.6. The smallest absolute Gasteiger partial charge is 0.197 e. The molecule has 6 nitrogen and oxygen atoms in total. The third kappa shape index (κ3) is 6.20. The van der Waals surface area contributed by atoms with E-state index in [0.29, 0.717) is 47.0 Å². The number of hydrogen-bond acceptors (Lipinski definition) is 6. The standard InChI is InChI=1S/C31H33NO5/c1-4-5-6-7-23(32)18-19-36-25-14-8-21(9-15-25)30(33)29-27-17-16-26(35-3)20-28(27)37-31(29)22-10-12-24(34-2)13-11-22/h8-17,20,32H,4-7,18-19H2,1-3H3. The lowest BCUT2D eigenvalue weighted by atomic mass is 9.97. The van der Waals surface area contributed by atoms with E-state index in [2.05, 4.69) is 6.92 Å². The van der Waals surface area contributed by atoms with Gasteiger partial charge in [0, 0.05) is 34.7 Å². The molecule has 0 unspecified atom stereocenters. The van der Waals surface area contributed by atoms with Crippen molar-refractivity contribution in [2.75, 3.05) is 20.8 Å². The van der Waals surface area contributed by atoms with Gasteiger partial charge in [0.1, 0.15) is 28.6 Å². The molecule has 0 bridgehead atoms. The van der Waals surface area contributed by atoms with Gasteiger partial charge >= 0.3 is 0 Å². The first-order valence-corrected chi connectivity index (χ1v) is 12.6. The number of carbonyl (C=O) groups is 1. The van der Waals surface area contributed by atoms with Crippen LogP contribution in [0.4, 0.5) is 0 Å². The Bertz CT molecular complexity index is 1350. The van der Waals surface area contributed by atoms with E-state index >= 15 is 0 Å². The predicted molar refractivity (Wildman–Crippen MR) is 147 cm³/mol. The second kappa shape index (κ2) is 12.3. The second-order valence-electron chi connectivity index (χ2n) is 8.91.